The zero-order chi connectivity index (χ0) is 16.5. The van der Waals surface area contributed by atoms with Crippen LogP contribution in [0.5, 0.6) is 0 Å². The summed E-state index contributed by atoms with van der Waals surface area (Å²) >= 11 is 0. The highest BCUT2D eigenvalue weighted by Crippen LogP contribution is 2.55. The number of aliphatic hydroxyl groups excluding tert-OH is 1. The molecule has 1 spiro atoms. The predicted octanol–water partition coefficient (Wildman–Crippen LogP) is 2.20. The van der Waals surface area contributed by atoms with Crippen LogP contribution in [0.3, 0.4) is 0 Å². The second-order valence-corrected chi connectivity index (χ2v) is 7.37. The van der Waals surface area contributed by atoms with E-state index in [1.54, 1.807) is 0 Å². The van der Waals surface area contributed by atoms with Gasteiger partial charge < -0.3 is 19.7 Å². The van der Waals surface area contributed by atoms with E-state index in [1.165, 1.54) is 16.0 Å². The van der Waals surface area contributed by atoms with Crippen molar-refractivity contribution in [3.63, 3.8) is 0 Å². The van der Waals surface area contributed by atoms with E-state index in [9.17, 15) is 9.90 Å². The highest BCUT2D eigenvalue weighted by Gasteiger charge is 2.58. The smallest absolute Gasteiger partial charge is 0.407 e. The van der Waals surface area contributed by atoms with Crippen LogP contribution in [-0.2, 0) is 0 Å². The van der Waals surface area contributed by atoms with E-state index >= 15 is 0 Å². The van der Waals surface area contributed by atoms with Crippen molar-refractivity contribution in [3.8, 4) is 11.3 Å². The van der Waals surface area contributed by atoms with Gasteiger partial charge in [-0.25, -0.2) is 9.78 Å². The van der Waals surface area contributed by atoms with Crippen LogP contribution in [0.15, 0.2) is 36.8 Å². The first kappa shape index (κ1) is 14.0. The molecule has 2 N–H and O–H groups in total. The molecule has 5 rings (SSSR count). The SMILES string of the molecule is O=C(O)N1CC2(CC[C@@H]([C@H]3c4ccccc4-c4cncn43)[C@@H]2O)C1. The van der Waals surface area contributed by atoms with Gasteiger partial charge in [0.15, 0.2) is 0 Å². The molecule has 3 aliphatic rings. The van der Waals surface area contributed by atoms with Gasteiger partial charge in [-0.15, -0.1) is 0 Å². The van der Waals surface area contributed by atoms with Gasteiger partial charge in [-0.05, 0) is 18.4 Å². The van der Waals surface area contributed by atoms with Gasteiger partial charge in [0.2, 0.25) is 0 Å². The lowest BCUT2D eigenvalue weighted by Gasteiger charge is -2.49. The van der Waals surface area contributed by atoms with Crippen molar-refractivity contribution in [2.75, 3.05) is 13.1 Å². The number of hydrogen-bond donors (Lipinski definition) is 2. The maximum absolute atomic E-state index is 11.1. The summed E-state index contributed by atoms with van der Waals surface area (Å²) in [6, 6.07) is 8.40. The van der Waals surface area contributed by atoms with E-state index < -0.39 is 12.2 Å². The number of hydrogen-bond acceptors (Lipinski definition) is 3. The number of carbonyl (C=O) groups is 1. The first-order valence-corrected chi connectivity index (χ1v) is 8.38. The van der Waals surface area contributed by atoms with Gasteiger partial charge in [0.25, 0.3) is 0 Å². The van der Waals surface area contributed by atoms with Crippen LogP contribution in [-0.4, -0.2) is 50.0 Å². The molecule has 2 aromatic rings. The molecule has 124 valence electrons. The summed E-state index contributed by atoms with van der Waals surface area (Å²) in [5, 5.41) is 20.2. The van der Waals surface area contributed by atoms with Gasteiger partial charge in [0.05, 0.1) is 30.4 Å². The number of likely N-dealkylation sites (tertiary alicyclic amines) is 1. The largest absolute Gasteiger partial charge is 0.465 e. The van der Waals surface area contributed by atoms with Crippen molar-refractivity contribution in [1.29, 1.82) is 0 Å². The lowest BCUT2D eigenvalue weighted by Crippen LogP contribution is -2.62. The van der Waals surface area contributed by atoms with E-state index in [0.29, 0.717) is 13.1 Å². The van der Waals surface area contributed by atoms with Gasteiger partial charge in [-0.2, -0.15) is 0 Å². The number of aromatic nitrogens is 2. The first-order valence-electron chi connectivity index (χ1n) is 8.38. The highest BCUT2D eigenvalue weighted by molar-refractivity contribution is 5.69. The number of imidazole rings is 1. The molecule has 1 saturated heterocycles. The Morgan fingerprint density at radius 1 is 1.29 bits per heavy atom. The summed E-state index contributed by atoms with van der Waals surface area (Å²) in [5.41, 5.74) is 3.27. The topological polar surface area (TPSA) is 78.6 Å². The number of carboxylic acid groups (broad SMARTS) is 1. The average molecular weight is 325 g/mol. The summed E-state index contributed by atoms with van der Waals surface area (Å²) in [6.07, 6.45) is 4.14. The van der Waals surface area contributed by atoms with Crippen LogP contribution >= 0.6 is 0 Å². The molecule has 3 atom stereocenters. The average Bonchev–Trinajstić information content (AvgIpc) is 3.18. The van der Waals surface area contributed by atoms with Crippen LogP contribution in [0.1, 0.15) is 24.4 Å². The van der Waals surface area contributed by atoms with Crippen molar-refractivity contribution >= 4 is 6.09 Å². The first-order chi connectivity index (χ1) is 11.6. The third-order valence-corrected chi connectivity index (χ3v) is 6.22. The zero-order valence-electron chi connectivity index (χ0n) is 13.2. The van der Waals surface area contributed by atoms with Gasteiger partial charge >= 0.3 is 6.09 Å². The van der Waals surface area contributed by atoms with Gasteiger partial charge in [-0.3, -0.25) is 0 Å². The molecule has 2 aliphatic heterocycles. The van der Waals surface area contributed by atoms with Gasteiger partial charge in [-0.1, -0.05) is 24.3 Å². The predicted molar refractivity (Wildman–Crippen MR) is 86.6 cm³/mol. The van der Waals surface area contributed by atoms with Gasteiger partial charge in [0.1, 0.15) is 0 Å². The molecular formula is C18H19N3O3. The van der Waals surface area contributed by atoms with Crippen molar-refractivity contribution in [2.45, 2.75) is 25.0 Å². The molecular weight excluding hydrogens is 306 g/mol. The second-order valence-electron chi connectivity index (χ2n) is 7.37. The minimum atomic E-state index is -0.889. The molecule has 24 heavy (non-hydrogen) atoms. The Bertz CT molecular complexity index is 824. The standard InChI is InChI=1S/C18H19N3O3/c22-16-13(5-6-18(16)8-20(9-18)17(23)24)15-12-4-2-1-3-11(12)14-7-19-10-21(14)15/h1-4,7,10,13,15-16,22H,5-6,8-9H2,(H,23,24)/t13-,15+,16-/m0/s1. The van der Waals surface area contributed by atoms with E-state index in [2.05, 4.69) is 21.7 Å². The maximum atomic E-state index is 11.1. The molecule has 6 nitrogen and oxygen atoms in total. The molecule has 0 radical (unpaired) electrons. The summed E-state index contributed by atoms with van der Waals surface area (Å²) < 4.78 is 2.17. The number of fused-ring (bicyclic) bond motifs is 3. The third-order valence-electron chi connectivity index (χ3n) is 6.22. The molecule has 1 aromatic heterocycles. The molecule has 0 unspecified atom stereocenters. The van der Waals surface area contributed by atoms with Crippen molar-refractivity contribution < 1.29 is 15.0 Å². The van der Waals surface area contributed by atoms with Crippen LogP contribution in [0.25, 0.3) is 11.3 Å². The molecule has 6 heteroatoms. The van der Waals surface area contributed by atoms with Crippen molar-refractivity contribution in [1.82, 2.24) is 14.5 Å². The Hall–Kier alpha value is -2.34. The quantitative estimate of drug-likeness (QED) is 0.842. The number of aliphatic hydroxyl groups is 1. The molecule has 1 aliphatic carbocycles. The number of amides is 1. The minimum Gasteiger partial charge on any atom is -0.465 e. The lowest BCUT2D eigenvalue weighted by atomic mass is 9.74. The highest BCUT2D eigenvalue weighted by atomic mass is 16.4. The van der Waals surface area contributed by atoms with Crippen LogP contribution in [0, 0.1) is 11.3 Å². The number of rotatable bonds is 1. The lowest BCUT2D eigenvalue weighted by molar-refractivity contribution is -0.0765. The minimum absolute atomic E-state index is 0.0898. The molecule has 2 fully saturated rings. The Morgan fingerprint density at radius 3 is 2.88 bits per heavy atom. The second kappa shape index (κ2) is 4.60. The van der Waals surface area contributed by atoms with Gasteiger partial charge in [0, 0.05) is 30.0 Å². The fraction of sp³-hybridized carbons (Fsp3) is 0.444. The summed E-state index contributed by atoms with van der Waals surface area (Å²) in [7, 11) is 0. The van der Waals surface area contributed by atoms with Crippen LogP contribution in [0.4, 0.5) is 4.79 Å². The Labute approximate surface area is 139 Å². The van der Waals surface area contributed by atoms with Crippen molar-refractivity contribution in [2.24, 2.45) is 11.3 Å². The molecule has 0 bridgehead atoms. The Balaban J connectivity index is 1.49. The van der Waals surface area contributed by atoms with E-state index in [1.807, 2.05) is 24.7 Å². The van der Waals surface area contributed by atoms with Crippen LogP contribution < -0.4 is 0 Å². The molecule has 1 aromatic carbocycles. The summed E-state index contributed by atoms with van der Waals surface area (Å²) in [6.45, 7) is 0.899. The summed E-state index contributed by atoms with van der Waals surface area (Å²) in [4.78, 5) is 16.8. The van der Waals surface area contributed by atoms with Crippen LogP contribution in [0.2, 0.25) is 0 Å². The Morgan fingerprint density at radius 2 is 2.08 bits per heavy atom. The Kier molecular flexibility index (Phi) is 2.69. The molecule has 3 heterocycles. The number of nitrogens with zero attached hydrogens (tertiary/aromatic N) is 3. The number of benzene rings is 1. The fourth-order valence-corrected chi connectivity index (χ4v) is 5.05. The summed E-state index contributed by atoms with van der Waals surface area (Å²) in [5.74, 6) is 0.0949. The van der Waals surface area contributed by atoms with E-state index in [-0.39, 0.29) is 17.4 Å². The third kappa shape index (κ3) is 1.64. The van der Waals surface area contributed by atoms with Crippen molar-refractivity contribution in [3.05, 3.63) is 42.4 Å². The van der Waals surface area contributed by atoms with E-state index in [4.69, 9.17) is 5.11 Å². The van der Waals surface area contributed by atoms with E-state index in [0.717, 1.165) is 18.5 Å². The molecule has 1 amide bonds. The molecule has 1 saturated carbocycles. The fourth-order valence-electron chi connectivity index (χ4n) is 5.05. The zero-order valence-corrected chi connectivity index (χ0v) is 13.2. The maximum Gasteiger partial charge on any atom is 0.407 e. The normalized spacial score (nSPS) is 29.4. The monoisotopic (exact) mass is 325 g/mol.